The van der Waals surface area contributed by atoms with Crippen LogP contribution in [0.4, 0.5) is 0 Å². The van der Waals surface area contributed by atoms with Gasteiger partial charge in [0.15, 0.2) is 0 Å². The average molecular weight is 296 g/mol. The molecular formula is C19H37NO. The molecule has 0 aromatic carbocycles. The summed E-state index contributed by atoms with van der Waals surface area (Å²) in [6.45, 7) is 10.3. The summed E-state index contributed by atoms with van der Waals surface area (Å²) in [6.07, 6.45) is 18.2. The minimum absolute atomic E-state index is 0.498. The predicted molar refractivity (Wildman–Crippen MR) is 94.6 cm³/mol. The Balaban J connectivity index is 4.08. The van der Waals surface area contributed by atoms with Gasteiger partial charge in [-0.2, -0.15) is 0 Å². The molecule has 2 heteroatoms. The van der Waals surface area contributed by atoms with E-state index in [0.29, 0.717) is 5.92 Å². The van der Waals surface area contributed by atoms with Crippen LogP contribution in [0, 0.1) is 11.8 Å². The molecule has 0 bridgehead atoms. The molecule has 0 rings (SSSR count). The Labute approximate surface area is 133 Å². The molecule has 2 nitrogen and oxygen atoms in total. The van der Waals surface area contributed by atoms with E-state index in [0.717, 1.165) is 5.92 Å². The first-order valence-electron chi connectivity index (χ1n) is 9.06. The van der Waals surface area contributed by atoms with Crippen molar-refractivity contribution in [2.24, 2.45) is 17.0 Å². The van der Waals surface area contributed by atoms with Crippen LogP contribution in [-0.4, -0.2) is 6.21 Å². The van der Waals surface area contributed by atoms with Crippen LogP contribution in [0.15, 0.2) is 18.0 Å². The summed E-state index contributed by atoms with van der Waals surface area (Å²) in [7, 11) is 0. The van der Waals surface area contributed by atoms with Crippen LogP contribution in [0.2, 0.25) is 0 Å². The molecule has 124 valence electrons. The van der Waals surface area contributed by atoms with Gasteiger partial charge in [-0.05, 0) is 24.7 Å². The minimum atomic E-state index is 0.498. The highest BCUT2D eigenvalue weighted by atomic mass is 16.6. The number of hydrogen-bond acceptors (Lipinski definition) is 2. The van der Waals surface area contributed by atoms with E-state index in [9.17, 15) is 0 Å². The van der Waals surface area contributed by atoms with Crippen molar-refractivity contribution in [2.75, 3.05) is 0 Å². The van der Waals surface area contributed by atoms with E-state index in [1.54, 1.807) is 0 Å². The molecule has 2 atom stereocenters. The lowest BCUT2D eigenvalue weighted by Gasteiger charge is -2.21. The van der Waals surface area contributed by atoms with Gasteiger partial charge in [-0.15, -0.1) is 0 Å². The molecule has 0 aliphatic heterocycles. The minimum Gasteiger partial charge on any atom is -0.366 e. The average Bonchev–Trinajstić information content (AvgIpc) is 2.49. The highest BCUT2D eigenvalue weighted by molar-refractivity contribution is 5.59. The van der Waals surface area contributed by atoms with Crippen molar-refractivity contribution in [3.05, 3.63) is 12.8 Å². The molecule has 0 amide bonds. The lowest BCUT2D eigenvalue weighted by molar-refractivity contribution is 0.265. The zero-order valence-electron chi connectivity index (χ0n) is 14.7. The molecule has 0 heterocycles. The highest BCUT2D eigenvalue weighted by Gasteiger charge is 2.15. The number of hydrogen-bond donors (Lipinski definition) is 0. The van der Waals surface area contributed by atoms with Gasteiger partial charge in [-0.1, -0.05) is 90.3 Å². The van der Waals surface area contributed by atoms with Crippen molar-refractivity contribution in [3.63, 3.8) is 0 Å². The maximum Gasteiger partial charge on any atom is 0.114 e. The van der Waals surface area contributed by atoms with Crippen LogP contribution in [0.5, 0.6) is 0 Å². The maximum absolute atomic E-state index is 4.89. The van der Waals surface area contributed by atoms with E-state index in [1.165, 1.54) is 76.9 Å². The third-order valence-electron chi connectivity index (χ3n) is 4.28. The quantitative estimate of drug-likeness (QED) is 0.142. The van der Waals surface area contributed by atoms with Gasteiger partial charge in [-0.3, -0.25) is 0 Å². The van der Waals surface area contributed by atoms with Crippen molar-refractivity contribution < 1.29 is 4.84 Å². The van der Waals surface area contributed by atoms with Crippen molar-refractivity contribution in [3.8, 4) is 0 Å². The Hall–Kier alpha value is -0.790. The summed E-state index contributed by atoms with van der Waals surface area (Å²) < 4.78 is 0. The van der Waals surface area contributed by atoms with E-state index in [-0.39, 0.29) is 0 Å². The first-order valence-corrected chi connectivity index (χ1v) is 9.06. The fraction of sp³-hybridized carbons (Fsp3) is 0.842. The molecule has 0 saturated heterocycles. The number of oxime groups is 1. The normalized spacial score (nSPS) is 14.2. The summed E-state index contributed by atoms with van der Waals surface area (Å²) in [6, 6.07) is 0. The molecule has 0 spiro atoms. The van der Waals surface area contributed by atoms with Crippen LogP contribution >= 0.6 is 0 Å². The topological polar surface area (TPSA) is 21.6 Å². The van der Waals surface area contributed by atoms with Crippen molar-refractivity contribution in [1.29, 1.82) is 0 Å². The zero-order chi connectivity index (χ0) is 15.8. The first kappa shape index (κ1) is 20.2. The highest BCUT2D eigenvalue weighted by Crippen LogP contribution is 2.25. The smallest absolute Gasteiger partial charge is 0.114 e. The zero-order valence-corrected chi connectivity index (χ0v) is 14.7. The second-order valence-corrected chi connectivity index (χ2v) is 6.20. The standard InChI is InChI=1S/C19H37NO/c1-5-8-10-12-14-16-19(15-13-11-9-6-2)18(4)17-20-21-7-3/h7,17-19H,3,5-6,8-16H2,1-2,4H3/b20-17-. The molecule has 0 aromatic heterocycles. The van der Waals surface area contributed by atoms with Crippen LogP contribution in [-0.2, 0) is 4.84 Å². The summed E-state index contributed by atoms with van der Waals surface area (Å²) in [5.41, 5.74) is 0. The molecule has 0 aliphatic rings. The predicted octanol–water partition coefficient (Wildman–Crippen LogP) is 6.72. The molecule has 0 radical (unpaired) electrons. The van der Waals surface area contributed by atoms with Crippen LogP contribution < -0.4 is 0 Å². The molecule has 0 saturated carbocycles. The van der Waals surface area contributed by atoms with E-state index in [4.69, 9.17) is 4.84 Å². The Kier molecular flexibility index (Phi) is 15.0. The summed E-state index contributed by atoms with van der Waals surface area (Å²) in [4.78, 5) is 4.89. The van der Waals surface area contributed by atoms with Gasteiger partial charge in [0.2, 0.25) is 0 Å². The molecule has 2 unspecified atom stereocenters. The van der Waals surface area contributed by atoms with Gasteiger partial charge in [0.25, 0.3) is 0 Å². The Morgan fingerprint density at radius 2 is 1.43 bits per heavy atom. The summed E-state index contributed by atoms with van der Waals surface area (Å²) >= 11 is 0. The Morgan fingerprint density at radius 3 is 1.95 bits per heavy atom. The lowest BCUT2D eigenvalue weighted by Crippen LogP contribution is -2.13. The molecule has 0 aliphatic carbocycles. The van der Waals surface area contributed by atoms with Gasteiger partial charge in [-0.25, -0.2) is 0 Å². The molecule has 0 fully saturated rings. The fourth-order valence-electron chi connectivity index (χ4n) is 2.81. The van der Waals surface area contributed by atoms with E-state index < -0.39 is 0 Å². The van der Waals surface area contributed by atoms with Gasteiger partial charge < -0.3 is 4.84 Å². The molecule has 0 N–H and O–H groups in total. The van der Waals surface area contributed by atoms with Crippen molar-refractivity contribution in [2.45, 2.75) is 91.4 Å². The van der Waals surface area contributed by atoms with Crippen LogP contribution in [0.1, 0.15) is 91.4 Å². The lowest BCUT2D eigenvalue weighted by atomic mass is 9.85. The maximum atomic E-state index is 4.89. The van der Waals surface area contributed by atoms with Gasteiger partial charge >= 0.3 is 0 Å². The second-order valence-electron chi connectivity index (χ2n) is 6.20. The Bertz CT molecular complexity index is 250. The molecule has 0 aromatic rings. The Morgan fingerprint density at radius 1 is 0.905 bits per heavy atom. The van der Waals surface area contributed by atoms with E-state index >= 15 is 0 Å². The van der Waals surface area contributed by atoms with Crippen molar-refractivity contribution in [1.82, 2.24) is 0 Å². The van der Waals surface area contributed by atoms with Crippen molar-refractivity contribution >= 4 is 6.21 Å². The number of nitrogens with zero attached hydrogens (tertiary/aromatic N) is 1. The molecule has 21 heavy (non-hydrogen) atoms. The van der Waals surface area contributed by atoms with Gasteiger partial charge in [0.1, 0.15) is 6.26 Å². The monoisotopic (exact) mass is 295 g/mol. The summed E-state index contributed by atoms with van der Waals surface area (Å²) in [5, 5.41) is 3.97. The van der Waals surface area contributed by atoms with E-state index in [2.05, 4.69) is 32.5 Å². The second kappa shape index (κ2) is 15.6. The van der Waals surface area contributed by atoms with Gasteiger partial charge in [0.05, 0.1) is 0 Å². The largest absolute Gasteiger partial charge is 0.366 e. The van der Waals surface area contributed by atoms with Gasteiger partial charge in [0, 0.05) is 6.21 Å². The van der Waals surface area contributed by atoms with Crippen LogP contribution in [0.3, 0.4) is 0 Å². The molecular weight excluding hydrogens is 258 g/mol. The van der Waals surface area contributed by atoms with E-state index in [1.807, 2.05) is 6.21 Å². The summed E-state index contributed by atoms with van der Waals surface area (Å²) in [5.74, 6) is 1.25. The number of rotatable bonds is 15. The first-order chi connectivity index (χ1) is 10.3. The van der Waals surface area contributed by atoms with Crippen LogP contribution in [0.25, 0.3) is 0 Å². The third-order valence-corrected chi connectivity index (χ3v) is 4.28. The third kappa shape index (κ3) is 12.6. The SMILES string of the molecule is C=CO/N=C\C(C)C(CCCCCC)CCCCCCC. The fourth-order valence-corrected chi connectivity index (χ4v) is 2.81. The number of unbranched alkanes of at least 4 members (excludes halogenated alkanes) is 7.